The summed E-state index contributed by atoms with van der Waals surface area (Å²) >= 11 is 0. The van der Waals surface area contributed by atoms with Gasteiger partial charge < -0.3 is 5.11 Å². The molecule has 16 heavy (non-hydrogen) atoms. The van der Waals surface area contributed by atoms with Crippen LogP contribution in [0.25, 0.3) is 0 Å². The molecular formula is C13H15NO2. The molecule has 1 fully saturated rings. The minimum absolute atomic E-state index is 0.317. The highest BCUT2D eigenvalue weighted by Crippen LogP contribution is 2.34. The summed E-state index contributed by atoms with van der Waals surface area (Å²) in [6, 6.07) is 8.38. The Bertz CT molecular complexity index is 426. The lowest BCUT2D eigenvalue weighted by Gasteiger charge is -2.34. The van der Waals surface area contributed by atoms with Crippen molar-refractivity contribution in [3.63, 3.8) is 0 Å². The lowest BCUT2D eigenvalue weighted by Crippen LogP contribution is -2.46. The molecule has 1 atom stereocenters. The lowest BCUT2D eigenvalue weighted by molar-refractivity contribution is -0.144. The predicted octanol–water partition coefficient (Wildman–Crippen LogP) is 1.66. The highest BCUT2D eigenvalue weighted by Gasteiger charge is 2.39. The third kappa shape index (κ3) is 1.61. The van der Waals surface area contributed by atoms with Crippen molar-refractivity contribution in [2.24, 2.45) is 0 Å². The fraction of sp³-hybridized carbons (Fsp3) is 0.462. The molecule has 1 aliphatic carbocycles. The Morgan fingerprint density at radius 3 is 2.56 bits per heavy atom. The molecule has 1 saturated carbocycles. The molecule has 1 heterocycles. The molecule has 0 spiro atoms. The molecular weight excluding hydrogens is 202 g/mol. The molecule has 0 aromatic heterocycles. The number of aliphatic carboxylic acids is 1. The molecule has 1 N–H and O–H groups in total. The van der Waals surface area contributed by atoms with Gasteiger partial charge in [0.1, 0.15) is 6.04 Å². The number of carboxylic acid groups (broad SMARTS) is 1. The van der Waals surface area contributed by atoms with Gasteiger partial charge in [0, 0.05) is 12.6 Å². The topological polar surface area (TPSA) is 40.5 Å². The molecule has 0 saturated heterocycles. The van der Waals surface area contributed by atoms with Crippen molar-refractivity contribution in [1.82, 2.24) is 4.90 Å². The van der Waals surface area contributed by atoms with Crippen LogP contribution in [0, 0.1) is 0 Å². The van der Waals surface area contributed by atoms with Crippen molar-refractivity contribution in [1.29, 1.82) is 0 Å². The predicted molar refractivity (Wildman–Crippen MR) is 60.1 cm³/mol. The van der Waals surface area contributed by atoms with E-state index < -0.39 is 5.97 Å². The van der Waals surface area contributed by atoms with Gasteiger partial charge in [0.2, 0.25) is 0 Å². The van der Waals surface area contributed by atoms with Crippen LogP contribution in [-0.2, 0) is 17.8 Å². The second-order valence-corrected chi connectivity index (χ2v) is 4.73. The lowest BCUT2D eigenvalue weighted by atomic mass is 9.94. The molecule has 1 aromatic rings. The van der Waals surface area contributed by atoms with E-state index in [4.69, 9.17) is 0 Å². The van der Waals surface area contributed by atoms with Crippen molar-refractivity contribution < 1.29 is 9.90 Å². The maximum Gasteiger partial charge on any atom is 0.321 e. The van der Waals surface area contributed by atoms with E-state index in [0.29, 0.717) is 12.5 Å². The standard InChI is InChI=1S/C13H15NO2/c15-13(16)12-7-9-3-1-2-4-10(9)8-14(12)11-5-6-11/h1-4,11-12H,5-8H2,(H,15,16). The van der Waals surface area contributed by atoms with E-state index in [1.807, 2.05) is 12.1 Å². The highest BCUT2D eigenvalue weighted by molar-refractivity contribution is 5.74. The van der Waals surface area contributed by atoms with Crippen molar-refractivity contribution in [2.45, 2.75) is 37.9 Å². The van der Waals surface area contributed by atoms with Crippen molar-refractivity contribution >= 4 is 5.97 Å². The Balaban J connectivity index is 1.93. The normalized spacial score (nSPS) is 25.1. The zero-order chi connectivity index (χ0) is 11.1. The average molecular weight is 217 g/mol. The Morgan fingerprint density at radius 1 is 1.25 bits per heavy atom. The van der Waals surface area contributed by atoms with Gasteiger partial charge in [-0.1, -0.05) is 24.3 Å². The molecule has 0 radical (unpaired) electrons. The van der Waals surface area contributed by atoms with Gasteiger partial charge in [-0.25, -0.2) is 0 Å². The van der Waals surface area contributed by atoms with Gasteiger partial charge in [-0.2, -0.15) is 0 Å². The first-order chi connectivity index (χ1) is 7.75. The van der Waals surface area contributed by atoms with Crippen LogP contribution >= 0.6 is 0 Å². The van der Waals surface area contributed by atoms with E-state index in [1.165, 1.54) is 11.1 Å². The van der Waals surface area contributed by atoms with Crippen LogP contribution in [0.1, 0.15) is 24.0 Å². The maximum atomic E-state index is 11.3. The third-order valence-electron chi connectivity index (χ3n) is 3.59. The first kappa shape index (κ1) is 9.85. The van der Waals surface area contributed by atoms with Gasteiger partial charge in [-0.3, -0.25) is 9.69 Å². The van der Waals surface area contributed by atoms with Gasteiger partial charge in [-0.15, -0.1) is 0 Å². The molecule has 0 bridgehead atoms. The maximum absolute atomic E-state index is 11.3. The molecule has 0 amide bonds. The minimum Gasteiger partial charge on any atom is -0.480 e. The average Bonchev–Trinajstić information content (AvgIpc) is 3.11. The Hall–Kier alpha value is -1.35. The molecule has 3 nitrogen and oxygen atoms in total. The summed E-state index contributed by atoms with van der Waals surface area (Å²) in [5, 5.41) is 9.27. The summed E-state index contributed by atoms with van der Waals surface area (Å²) in [4.78, 5) is 13.4. The van der Waals surface area contributed by atoms with E-state index in [0.717, 1.165) is 19.4 Å². The third-order valence-corrected chi connectivity index (χ3v) is 3.59. The van der Waals surface area contributed by atoms with E-state index >= 15 is 0 Å². The van der Waals surface area contributed by atoms with Crippen molar-refractivity contribution in [2.75, 3.05) is 0 Å². The number of nitrogens with zero attached hydrogens (tertiary/aromatic N) is 1. The quantitative estimate of drug-likeness (QED) is 0.819. The van der Waals surface area contributed by atoms with Crippen LogP contribution in [0.2, 0.25) is 0 Å². The number of benzene rings is 1. The summed E-state index contributed by atoms with van der Waals surface area (Å²) in [5.74, 6) is -0.679. The van der Waals surface area contributed by atoms with Crippen LogP contribution in [0.15, 0.2) is 24.3 Å². The molecule has 3 heteroatoms. The van der Waals surface area contributed by atoms with Crippen molar-refractivity contribution in [3.05, 3.63) is 35.4 Å². The second kappa shape index (κ2) is 3.59. The highest BCUT2D eigenvalue weighted by atomic mass is 16.4. The van der Waals surface area contributed by atoms with Gasteiger partial charge in [0.25, 0.3) is 0 Å². The van der Waals surface area contributed by atoms with E-state index in [-0.39, 0.29) is 6.04 Å². The summed E-state index contributed by atoms with van der Waals surface area (Å²) in [7, 11) is 0. The number of hydrogen-bond acceptors (Lipinski definition) is 2. The van der Waals surface area contributed by atoms with Crippen LogP contribution in [-0.4, -0.2) is 28.1 Å². The zero-order valence-electron chi connectivity index (χ0n) is 9.10. The van der Waals surface area contributed by atoms with Crippen LogP contribution < -0.4 is 0 Å². The monoisotopic (exact) mass is 217 g/mol. The summed E-state index contributed by atoms with van der Waals surface area (Å²) < 4.78 is 0. The fourth-order valence-electron chi connectivity index (χ4n) is 2.56. The second-order valence-electron chi connectivity index (χ2n) is 4.73. The number of carboxylic acids is 1. The van der Waals surface area contributed by atoms with E-state index in [1.54, 1.807) is 0 Å². The van der Waals surface area contributed by atoms with Gasteiger partial charge in [-0.05, 0) is 30.4 Å². The smallest absolute Gasteiger partial charge is 0.321 e. The van der Waals surface area contributed by atoms with Crippen molar-refractivity contribution in [3.8, 4) is 0 Å². The summed E-state index contributed by atoms with van der Waals surface area (Å²) in [5.41, 5.74) is 2.50. The van der Waals surface area contributed by atoms with Gasteiger partial charge in [0.15, 0.2) is 0 Å². The SMILES string of the molecule is O=C(O)C1Cc2ccccc2CN1C1CC1. The summed E-state index contributed by atoms with van der Waals surface area (Å²) in [6.07, 6.45) is 2.97. The molecule has 1 aromatic carbocycles. The van der Waals surface area contributed by atoms with Crippen LogP contribution in [0.5, 0.6) is 0 Å². The van der Waals surface area contributed by atoms with Gasteiger partial charge in [0.05, 0.1) is 0 Å². The molecule has 84 valence electrons. The zero-order valence-corrected chi connectivity index (χ0v) is 9.10. The Morgan fingerprint density at radius 2 is 1.94 bits per heavy atom. The first-order valence-corrected chi connectivity index (χ1v) is 5.81. The number of rotatable bonds is 2. The van der Waals surface area contributed by atoms with Crippen LogP contribution in [0.4, 0.5) is 0 Å². The van der Waals surface area contributed by atoms with E-state index in [9.17, 15) is 9.90 Å². The Kier molecular flexibility index (Phi) is 2.21. The minimum atomic E-state index is -0.679. The molecule has 1 aliphatic heterocycles. The number of fused-ring (bicyclic) bond motifs is 1. The Labute approximate surface area is 94.7 Å². The van der Waals surface area contributed by atoms with E-state index in [2.05, 4.69) is 17.0 Å². The number of hydrogen-bond donors (Lipinski definition) is 1. The largest absolute Gasteiger partial charge is 0.480 e. The summed E-state index contributed by atoms with van der Waals surface area (Å²) in [6.45, 7) is 0.803. The first-order valence-electron chi connectivity index (χ1n) is 5.81. The van der Waals surface area contributed by atoms with Gasteiger partial charge >= 0.3 is 5.97 Å². The van der Waals surface area contributed by atoms with Crippen LogP contribution in [0.3, 0.4) is 0 Å². The number of carbonyl (C=O) groups is 1. The molecule has 2 aliphatic rings. The molecule has 1 unspecified atom stereocenters. The fourth-order valence-corrected chi connectivity index (χ4v) is 2.56. The molecule has 3 rings (SSSR count).